The van der Waals surface area contributed by atoms with Crippen LogP contribution in [-0.4, -0.2) is 12.1 Å². The molecule has 112 valence electrons. The maximum atomic E-state index is 13.6. The molecule has 0 saturated carbocycles. The van der Waals surface area contributed by atoms with Crippen molar-refractivity contribution in [2.45, 2.75) is 29.8 Å². The summed E-state index contributed by atoms with van der Waals surface area (Å²) in [5, 5.41) is 1.28. The monoisotopic (exact) mass is 364 g/mol. The van der Waals surface area contributed by atoms with E-state index in [1.165, 1.54) is 6.07 Å². The van der Waals surface area contributed by atoms with E-state index in [4.69, 9.17) is 0 Å². The molecule has 0 saturated heterocycles. The normalized spacial score (nSPS) is 16.5. The van der Waals surface area contributed by atoms with Crippen LogP contribution in [0.15, 0.2) is 30.3 Å². The second-order valence-corrected chi connectivity index (χ2v) is 6.05. The molecule has 3 rings (SSSR count). The van der Waals surface area contributed by atoms with Gasteiger partial charge in [0.2, 0.25) is 0 Å². The standard InChI is InChI=1S/C15H10BrF5/c16-13(14(17,18)15(19,20)21)11-7-6-9-5-4-8-2-1-3-10(11)12(8)9/h1-3,6-7,13H,4-5H2. The predicted octanol–water partition coefficient (Wildman–Crippen LogP) is 5.57. The lowest BCUT2D eigenvalue weighted by Crippen LogP contribution is -2.40. The van der Waals surface area contributed by atoms with Crippen LogP contribution >= 0.6 is 15.9 Å². The Balaban J connectivity index is 2.19. The topological polar surface area (TPSA) is 0 Å². The van der Waals surface area contributed by atoms with Gasteiger partial charge in [0, 0.05) is 0 Å². The van der Waals surface area contributed by atoms with E-state index < -0.39 is 16.9 Å². The van der Waals surface area contributed by atoms with E-state index in [1.54, 1.807) is 18.2 Å². The summed E-state index contributed by atoms with van der Waals surface area (Å²) in [5.74, 6) is -4.83. The van der Waals surface area contributed by atoms with Crippen LogP contribution in [0.2, 0.25) is 0 Å². The van der Waals surface area contributed by atoms with Gasteiger partial charge in [-0.2, -0.15) is 22.0 Å². The van der Waals surface area contributed by atoms with Gasteiger partial charge in [0.05, 0.1) is 0 Å². The molecule has 2 aromatic carbocycles. The van der Waals surface area contributed by atoms with Crippen molar-refractivity contribution >= 4 is 26.7 Å². The molecule has 1 unspecified atom stereocenters. The molecule has 0 N–H and O–H groups in total. The van der Waals surface area contributed by atoms with Crippen LogP contribution in [0.3, 0.4) is 0 Å². The van der Waals surface area contributed by atoms with E-state index in [1.807, 2.05) is 6.07 Å². The third-order valence-electron chi connectivity index (χ3n) is 3.88. The molecular weight excluding hydrogens is 355 g/mol. The van der Waals surface area contributed by atoms with Crippen molar-refractivity contribution in [1.29, 1.82) is 0 Å². The fraction of sp³-hybridized carbons (Fsp3) is 0.333. The highest BCUT2D eigenvalue weighted by Crippen LogP contribution is 2.50. The molecule has 6 heteroatoms. The Morgan fingerprint density at radius 1 is 0.905 bits per heavy atom. The van der Waals surface area contributed by atoms with Crippen LogP contribution in [0, 0.1) is 0 Å². The van der Waals surface area contributed by atoms with Crippen LogP contribution in [0.4, 0.5) is 22.0 Å². The first-order chi connectivity index (χ1) is 9.73. The first-order valence-corrected chi connectivity index (χ1v) is 7.27. The van der Waals surface area contributed by atoms with Crippen molar-refractivity contribution in [3.63, 3.8) is 0 Å². The van der Waals surface area contributed by atoms with E-state index in [0.717, 1.165) is 29.4 Å². The van der Waals surface area contributed by atoms with Gasteiger partial charge >= 0.3 is 12.1 Å². The summed E-state index contributed by atoms with van der Waals surface area (Å²) in [7, 11) is 0. The SMILES string of the molecule is FC(F)(F)C(F)(F)C(Br)c1ccc2c3c(cccc13)CC2. The van der Waals surface area contributed by atoms with Gasteiger partial charge < -0.3 is 0 Å². The van der Waals surface area contributed by atoms with Gasteiger partial charge in [-0.05, 0) is 40.3 Å². The molecule has 0 nitrogen and oxygen atoms in total. The minimum Gasteiger partial charge on any atom is -0.195 e. The van der Waals surface area contributed by atoms with Crippen molar-refractivity contribution in [2.24, 2.45) is 0 Å². The van der Waals surface area contributed by atoms with Crippen LogP contribution in [0.5, 0.6) is 0 Å². The zero-order valence-electron chi connectivity index (χ0n) is 10.6. The number of rotatable bonds is 2. The fourth-order valence-electron chi connectivity index (χ4n) is 2.83. The molecule has 0 aliphatic heterocycles. The number of aryl methyl sites for hydroxylation is 2. The minimum atomic E-state index is -5.59. The quantitative estimate of drug-likeness (QED) is 0.482. The number of alkyl halides is 6. The van der Waals surface area contributed by atoms with Gasteiger partial charge in [-0.15, -0.1) is 0 Å². The smallest absolute Gasteiger partial charge is 0.195 e. The Bertz CT molecular complexity index is 695. The average Bonchev–Trinajstić information content (AvgIpc) is 2.83. The lowest BCUT2D eigenvalue weighted by molar-refractivity contribution is -0.281. The molecule has 0 heterocycles. The number of hydrogen-bond acceptors (Lipinski definition) is 0. The van der Waals surface area contributed by atoms with Crippen LogP contribution in [0.25, 0.3) is 10.8 Å². The summed E-state index contributed by atoms with van der Waals surface area (Å²) < 4.78 is 64.8. The van der Waals surface area contributed by atoms with E-state index >= 15 is 0 Å². The second-order valence-electron chi connectivity index (χ2n) is 5.14. The van der Waals surface area contributed by atoms with Gasteiger partial charge in [0.1, 0.15) is 4.83 Å². The Kier molecular flexibility index (Phi) is 3.28. The van der Waals surface area contributed by atoms with E-state index in [0.29, 0.717) is 5.39 Å². The summed E-state index contributed by atoms with van der Waals surface area (Å²) in [5.41, 5.74) is 1.97. The van der Waals surface area contributed by atoms with Crippen molar-refractivity contribution in [3.05, 3.63) is 47.0 Å². The second kappa shape index (κ2) is 4.66. The summed E-state index contributed by atoms with van der Waals surface area (Å²) >= 11 is 2.56. The molecule has 0 fully saturated rings. The van der Waals surface area contributed by atoms with Crippen LogP contribution < -0.4 is 0 Å². The molecule has 1 aliphatic rings. The van der Waals surface area contributed by atoms with Gasteiger partial charge in [0.15, 0.2) is 0 Å². The van der Waals surface area contributed by atoms with Crippen molar-refractivity contribution in [1.82, 2.24) is 0 Å². The molecule has 0 aromatic heterocycles. The summed E-state index contributed by atoms with van der Waals surface area (Å²) in [6, 6.07) is 8.19. The molecular formula is C15H10BrF5. The van der Waals surface area contributed by atoms with E-state index in [2.05, 4.69) is 15.9 Å². The Labute approximate surface area is 126 Å². The summed E-state index contributed by atoms with van der Waals surface area (Å²) in [6.07, 6.45) is -4.01. The molecule has 0 amide bonds. The maximum absolute atomic E-state index is 13.6. The summed E-state index contributed by atoms with van der Waals surface area (Å²) in [4.78, 5) is -2.10. The predicted molar refractivity (Wildman–Crippen MR) is 74.0 cm³/mol. The molecule has 2 aromatic rings. The van der Waals surface area contributed by atoms with Gasteiger partial charge in [-0.1, -0.05) is 46.3 Å². The first kappa shape index (κ1) is 14.8. The van der Waals surface area contributed by atoms with Gasteiger partial charge in [-0.3, -0.25) is 0 Å². The molecule has 0 bridgehead atoms. The Morgan fingerprint density at radius 3 is 2.14 bits per heavy atom. The third-order valence-corrected chi connectivity index (χ3v) is 4.95. The van der Waals surface area contributed by atoms with Crippen molar-refractivity contribution in [2.75, 3.05) is 0 Å². The van der Waals surface area contributed by atoms with Crippen LogP contribution in [-0.2, 0) is 12.8 Å². The number of hydrogen-bond donors (Lipinski definition) is 0. The number of halogens is 6. The highest BCUT2D eigenvalue weighted by molar-refractivity contribution is 9.09. The Hall–Kier alpha value is -1.17. The number of benzene rings is 2. The molecule has 0 radical (unpaired) electrons. The third kappa shape index (κ3) is 2.15. The highest BCUT2D eigenvalue weighted by Gasteiger charge is 2.62. The van der Waals surface area contributed by atoms with Crippen molar-refractivity contribution < 1.29 is 22.0 Å². The summed E-state index contributed by atoms with van der Waals surface area (Å²) in [6.45, 7) is 0. The van der Waals surface area contributed by atoms with E-state index in [-0.39, 0.29) is 5.56 Å². The lowest BCUT2D eigenvalue weighted by Gasteiger charge is -2.26. The van der Waals surface area contributed by atoms with Crippen molar-refractivity contribution in [3.8, 4) is 0 Å². The van der Waals surface area contributed by atoms with E-state index in [9.17, 15) is 22.0 Å². The van der Waals surface area contributed by atoms with Gasteiger partial charge in [-0.25, -0.2) is 0 Å². The first-order valence-electron chi connectivity index (χ1n) is 6.35. The fourth-order valence-corrected chi connectivity index (χ4v) is 3.49. The lowest BCUT2D eigenvalue weighted by atomic mass is 9.96. The largest absolute Gasteiger partial charge is 0.454 e. The zero-order chi connectivity index (χ0) is 15.4. The molecule has 1 atom stereocenters. The molecule has 0 spiro atoms. The highest BCUT2D eigenvalue weighted by atomic mass is 79.9. The zero-order valence-corrected chi connectivity index (χ0v) is 12.2. The van der Waals surface area contributed by atoms with Crippen LogP contribution in [0.1, 0.15) is 21.5 Å². The maximum Gasteiger partial charge on any atom is 0.454 e. The molecule has 1 aliphatic carbocycles. The molecule has 21 heavy (non-hydrogen) atoms. The minimum absolute atomic E-state index is 0.0279. The van der Waals surface area contributed by atoms with Gasteiger partial charge in [0.25, 0.3) is 0 Å². The Morgan fingerprint density at radius 2 is 1.52 bits per heavy atom. The average molecular weight is 365 g/mol.